The Morgan fingerprint density at radius 3 is 2.50 bits per heavy atom. The molecule has 1 aliphatic heterocycles. The summed E-state index contributed by atoms with van der Waals surface area (Å²) in [5.41, 5.74) is 1.46. The van der Waals surface area contributed by atoms with Crippen LogP contribution >= 0.6 is 11.6 Å². The minimum atomic E-state index is -3.78. The summed E-state index contributed by atoms with van der Waals surface area (Å²) in [5, 5.41) is 6.76. The van der Waals surface area contributed by atoms with Crippen molar-refractivity contribution in [2.75, 3.05) is 16.2 Å². The number of para-hydroxylation sites is 1. The van der Waals surface area contributed by atoms with E-state index >= 15 is 0 Å². The van der Waals surface area contributed by atoms with Gasteiger partial charge in [-0.05, 0) is 70.2 Å². The summed E-state index contributed by atoms with van der Waals surface area (Å²) >= 11 is 6.62. The molecule has 40 heavy (non-hydrogen) atoms. The van der Waals surface area contributed by atoms with Gasteiger partial charge in [0.25, 0.3) is 10.0 Å². The average molecular weight is 584 g/mol. The molecule has 2 N–H and O–H groups in total. The van der Waals surface area contributed by atoms with E-state index in [9.17, 15) is 13.2 Å². The van der Waals surface area contributed by atoms with Gasteiger partial charge in [0, 0.05) is 24.5 Å². The zero-order valence-electron chi connectivity index (χ0n) is 22.8. The number of rotatable bonds is 6. The number of ether oxygens (including phenoxy) is 1. The van der Waals surface area contributed by atoms with Crippen LogP contribution in [0.15, 0.2) is 65.7 Å². The van der Waals surface area contributed by atoms with E-state index in [1.54, 1.807) is 36.5 Å². The number of halogens is 1. The van der Waals surface area contributed by atoms with E-state index in [4.69, 9.17) is 21.3 Å². The van der Waals surface area contributed by atoms with E-state index in [0.29, 0.717) is 28.8 Å². The van der Waals surface area contributed by atoms with Crippen LogP contribution in [0.3, 0.4) is 0 Å². The Balaban J connectivity index is 1.35. The lowest BCUT2D eigenvalue weighted by atomic mass is 9.91. The number of fused-ring (bicyclic) bond motifs is 1. The van der Waals surface area contributed by atoms with E-state index in [2.05, 4.69) is 15.6 Å². The van der Waals surface area contributed by atoms with Crippen LogP contribution in [0.25, 0.3) is 0 Å². The molecule has 1 aromatic heterocycles. The highest BCUT2D eigenvalue weighted by molar-refractivity contribution is 7.92. The topological polar surface area (TPSA) is 114 Å². The monoisotopic (exact) mass is 583 g/mol. The fourth-order valence-corrected chi connectivity index (χ4v) is 7.10. The molecule has 1 aliphatic carbocycles. The van der Waals surface area contributed by atoms with Crippen LogP contribution in [-0.4, -0.2) is 48.7 Å². The van der Waals surface area contributed by atoms with Crippen molar-refractivity contribution in [2.45, 2.75) is 75.0 Å². The summed E-state index contributed by atoms with van der Waals surface area (Å²) in [4.78, 5) is 21.7. The molecule has 2 aliphatic rings. The summed E-state index contributed by atoms with van der Waals surface area (Å²) in [6.07, 6.45) is 4.55. The van der Waals surface area contributed by atoms with Crippen molar-refractivity contribution in [1.82, 2.24) is 15.3 Å². The predicted molar refractivity (Wildman–Crippen MR) is 155 cm³/mol. The van der Waals surface area contributed by atoms with Crippen LogP contribution in [0.4, 0.5) is 16.4 Å². The zero-order chi connectivity index (χ0) is 28.5. The molecule has 9 nitrogen and oxygen atoms in total. The zero-order valence-corrected chi connectivity index (χ0v) is 24.4. The molecular formula is C29H34ClN5O4S. The smallest absolute Gasteiger partial charge is 0.407 e. The second-order valence-electron chi connectivity index (χ2n) is 11.2. The molecule has 0 spiro atoms. The fraction of sp³-hybridized carbons (Fsp3) is 0.414. The van der Waals surface area contributed by atoms with Gasteiger partial charge in [0.2, 0.25) is 5.95 Å². The first-order valence-corrected chi connectivity index (χ1v) is 15.3. The number of hydrogen-bond acceptors (Lipinski definition) is 7. The van der Waals surface area contributed by atoms with Gasteiger partial charge in [-0.25, -0.2) is 23.2 Å². The molecular weight excluding hydrogens is 550 g/mol. The Kier molecular flexibility index (Phi) is 7.92. The highest BCUT2D eigenvalue weighted by Crippen LogP contribution is 2.44. The standard InChI is InChI=1S/C29H34ClN5O4S/c1-29(2,3)39-28(36)33-20-11-9-10-19(16-20)32-27-31-17-24(30)26(34-27)23-18-35(25-15-8-7-14-22(23)25)40(37,38)21-12-5-4-6-13-21/h4-8,12-15,17,19-20,23H,9-11,16,18H2,1-3H3,(H,33,36)(H,31,32,34)/t19-,20+,23?/m1/s1. The van der Waals surface area contributed by atoms with Crippen molar-refractivity contribution in [3.63, 3.8) is 0 Å². The SMILES string of the molecule is CC(C)(C)OC(=O)N[C@H]1CCC[C@@H](Nc2ncc(Cl)c(C3CN(S(=O)(=O)c4ccccc4)c4ccccc43)n2)C1. The number of carbonyl (C=O) groups excluding carboxylic acids is 1. The van der Waals surface area contributed by atoms with Crippen LogP contribution < -0.4 is 14.9 Å². The number of sulfonamides is 1. The van der Waals surface area contributed by atoms with E-state index < -0.39 is 21.7 Å². The minimum absolute atomic E-state index is 0.0219. The van der Waals surface area contributed by atoms with E-state index in [-0.39, 0.29) is 29.4 Å². The van der Waals surface area contributed by atoms with Crippen LogP contribution in [-0.2, 0) is 14.8 Å². The lowest BCUT2D eigenvalue weighted by Crippen LogP contribution is -2.44. The number of nitrogens with zero attached hydrogens (tertiary/aromatic N) is 3. The van der Waals surface area contributed by atoms with Crippen molar-refractivity contribution < 1.29 is 17.9 Å². The minimum Gasteiger partial charge on any atom is -0.444 e. The van der Waals surface area contributed by atoms with E-state index in [1.165, 1.54) is 4.31 Å². The number of benzene rings is 2. The van der Waals surface area contributed by atoms with Gasteiger partial charge in [-0.1, -0.05) is 48.0 Å². The molecule has 5 rings (SSSR count). The van der Waals surface area contributed by atoms with Crippen molar-refractivity contribution in [2.24, 2.45) is 0 Å². The van der Waals surface area contributed by atoms with Gasteiger partial charge in [-0.2, -0.15) is 0 Å². The molecule has 0 saturated heterocycles. The summed E-state index contributed by atoms with van der Waals surface area (Å²) in [6, 6.07) is 15.9. The Bertz CT molecular complexity index is 1480. The van der Waals surface area contributed by atoms with Crippen molar-refractivity contribution in [1.29, 1.82) is 0 Å². The summed E-state index contributed by atoms with van der Waals surface area (Å²) in [5.74, 6) is 0.0582. The first-order valence-electron chi connectivity index (χ1n) is 13.5. The molecule has 0 radical (unpaired) electrons. The van der Waals surface area contributed by atoms with Gasteiger partial charge in [0.05, 0.1) is 27.5 Å². The van der Waals surface area contributed by atoms with Crippen LogP contribution in [0, 0.1) is 0 Å². The van der Waals surface area contributed by atoms with E-state index in [1.807, 2.05) is 45.0 Å². The van der Waals surface area contributed by atoms with Crippen LogP contribution in [0.5, 0.6) is 0 Å². The molecule has 3 aromatic rings. The number of nitrogens with one attached hydrogen (secondary N) is 2. The van der Waals surface area contributed by atoms with E-state index in [0.717, 1.165) is 24.8 Å². The third-order valence-electron chi connectivity index (χ3n) is 7.09. The third-order valence-corrected chi connectivity index (χ3v) is 9.18. The number of anilines is 2. The Labute approximate surface area is 240 Å². The number of aromatic nitrogens is 2. The lowest BCUT2D eigenvalue weighted by molar-refractivity contribution is 0.0492. The number of alkyl carbamates (subject to hydrolysis) is 1. The molecule has 2 heterocycles. The summed E-state index contributed by atoms with van der Waals surface area (Å²) in [7, 11) is -3.78. The number of carbonyl (C=O) groups is 1. The lowest BCUT2D eigenvalue weighted by Gasteiger charge is -2.31. The maximum atomic E-state index is 13.6. The third kappa shape index (κ3) is 6.18. The fourth-order valence-electron chi connectivity index (χ4n) is 5.36. The van der Waals surface area contributed by atoms with Crippen molar-refractivity contribution >= 4 is 39.4 Å². The molecule has 212 valence electrons. The van der Waals surface area contributed by atoms with Gasteiger partial charge in [0.15, 0.2) is 0 Å². The van der Waals surface area contributed by atoms with Crippen molar-refractivity contribution in [3.05, 3.63) is 77.1 Å². The Morgan fingerprint density at radius 1 is 1.05 bits per heavy atom. The van der Waals surface area contributed by atoms with Crippen molar-refractivity contribution in [3.8, 4) is 0 Å². The molecule has 1 unspecified atom stereocenters. The molecule has 0 bridgehead atoms. The molecule has 2 aromatic carbocycles. The second kappa shape index (κ2) is 11.2. The maximum absolute atomic E-state index is 13.6. The molecule has 11 heteroatoms. The van der Waals surface area contributed by atoms with Gasteiger partial charge >= 0.3 is 6.09 Å². The van der Waals surface area contributed by atoms with Crippen LogP contribution in [0.2, 0.25) is 5.02 Å². The van der Waals surface area contributed by atoms with Gasteiger partial charge < -0.3 is 15.4 Å². The predicted octanol–water partition coefficient (Wildman–Crippen LogP) is 5.72. The largest absolute Gasteiger partial charge is 0.444 e. The normalized spacial score (nSPS) is 21.0. The summed E-state index contributed by atoms with van der Waals surface area (Å²) in [6.45, 7) is 5.70. The molecule has 3 atom stereocenters. The number of amides is 1. The van der Waals surface area contributed by atoms with Gasteiger partial charge in [0.1, 0.15) is 5.60 Å². The van der Waals surface area contributed by atoms with Gasteiger partial charge in [-0.3, -0.25) is 4.31 Å². The summed E-state index contributed by atoms with van der Waals surface area (Å²) < 4.78 is 34.0. The molecule has 1 saturated carbocycles. The highest BCUT2D eigenvalue weighted by Gasteiger charge is 2.39. The second-order valence-corrected chi connectivity index (χ2v) is 13.5. The first-order chi connectivity index (χ1) is 19.0. The Hall–Kier alpha value is -3.37. The Morgan fingerprint density at radius 2 is 1.75 bits per heavy atom. The average Bonchev–Trinajstić information content (AvgIpc) is 3.30. The van der Waals surface area contributed by atoms with Gasteiger partial charge in [-0.15, -0.1) is 0 Å². The molecule has 1 fully saturated rings. The van der Waals surface area contributed by atoms with Crippen LogP contribution in [0.1, 0.15) is 63.6 Å². The maximum Gasteiger partial charge on any atom is 0.407 e. The first kappa shape index (κ1) is 28.2. The highest BCUT2D eigenvalue weighted by atomic mass is 35.5. The quantitative estimate of drug-likeness (QED) is 0.381. The number of hydrogen-bond donors (Lipinski definition) is 2. The molecule has 1 amide bonds.